The number of ether oxygens (including phenoxy) is 1. The van der Waals surface area contributed by atoms with Crippen LogP contribution in [0.5, 0.6) is 0 Å². The van der Waals surface area contributed by atoms with Gasteiger partial charge in [-0.2, -0.15) is 5.10 Å². The van der Waals surface area contributed by atoms with E-state index in [2.05, 4.69) is 10.4 Å². The van der Waals surface area contributed by atoms with E-state index < -0.39 is 12.1 Å². The van der Waals surface area contributed by atoms with E-state index in [9.17, 15) is 19.2 Å². The summed E-state index contributed by atoms with van der Waals surface area (Å²) in [6.07, 6.45) is 0.252. The summed E-state index contributed by atoms with van der Waals surface area (Å²) in [4.78, 5) is 48.5. The zero-order valence-electron chi connectivity index (χ0n) is 18.2. The third-order valence-electron chi connectivity index (χ3n) is 4.93. The quantitative estimate of drug-likeness (QED) is 0.430. The van der Waals surface area contributed by atoms with Gasteiger partial charge in [0.15, 0.2) is 6.10 Å². The summed E-state index contributed by atoms with van der Waals surface area (Å²) in [5.41, 5.74) is 1.40. The maximum absolute atomic E-state index is 12.6. The van der Waals surface area contributed by atoms with Crippen molar-refractivity contribution in [2.45, 2.75) is 39.8 Å². The Morgan fingerprint density at radius 1 is 1.03 bits per heavy atom. The summed E-state index contributed by atoms with van der Waals surface area (Å²) in [5.74, 6) is -1.15. The number of para-hydroxylation sites is 1. The minimum atomic E-state index is -0.961. The molecule has 166 valence electrons. The number of ketones is 1. The Bertz CT molecular complexity index is 1200. The number of aryl methyl sites for hydroxylation is 1. The van der Waals surface area contributed by atoms with Crippen molar-refractivity contribution >= 4 is 34.3 Å². The highest BCUT2D eigenvalue weighted by atomic mass is 16.5. The summed E-state index contributed by atoms with van der Waals surface area (Å²) < 4.78 is 6.85. The number of benzene rings is 2. The monoisotopic (exact) mass is 435 g/mol. The van der Waals surface area contributed by atoms with E-state index >= 15 is 0 Å². The number of aromatic nitrogens is 2. The molecule has 1 aromatic heterocycles. The lowest BCUT2D eigenvalue weighted by molar-refractivity contribution is -0.146. The number of nitrogens with one attached hydrogen (secondary N) is 1. The molecule has 0 unspecified atom stereocenters. The number of carbonyl (C=O) groups excluding carboxylic acids is 3. The molecule has 2 aromatic carbocycles. The van der Waals surface area contributed by atoms with Crippen LogP contribution in [0, 0.1) is 5.92 Å². The summed E-state index contributed by atoms with van der Waals surface area (Å²) >= 11 is 0. The van der Waals surface area contributed by atoms with Gasteiger partial charge in [-0.05, 0) is 43.3 Å². The molecular formula is C24H25N3O5. The second-order valence-electron chi connectivity index (χ2n) is 7.72. The highest BCUT2D eigenvalue weighted by Gasteiger charge is 2.20. The van der Waals surface area contributed by atoms with Gasteiger partial charge in [-0.25, -0.2) is 0 Å². The second-order valence-corrected chi connectivity index (χ2v) is 7.72. The Kier molecular flexibility index (Phi) is 7.14. The first-order valence-corrected chi connectivity index (χ1v) is 10.4. The smallest absolute Gasteiger partial charge is 0.308 e. The number of fused-ring (bicyclic) bond motifs is 1. The molecule has 0 bridgehead atoms. The van der Waals surface area contributed by atoms with E-state index in [0.717, 1.165) is 0 Å². The summed E-state index contributed by atoms with van der Waals surface area (Å²) in [5, 5.41) is 7.35. The van der Waals surface area contributed by atoms with Gasteiger partial charge in [0.1, 0.15) is 0 Å². The molecule has 1 atom stereocenters. The largest absolute Gasteiger partial charge is 0.454 e. The van der Waals surface area contributed by atoms with Crippen molar-refractivity contribution in [2.24, 2.45) is 5.92 Å². The predicted molar refractivity (Wildman–Crippen MR) is 120 cm³/mol. The standard InChI is InChI=1S/C24H25N3O5/c1-15(2)24(31)26-18-10-8-17(9-11-18)23(30)16(3)32-22(29)12-13-27-20-7-5-4-6-19(20)21(28)14-25-27/h4-11,14-16H,12-13H2,1-3H3,(H,26,31)/t16-/m1/s1. The van der Waals surface area contributed by atoms with Crippen LogP contribution in [-0.2, 0) is 20.9 Å². The lowest BCUT2D eigenvalue weighted by atomic mass is 10.1. The molecule has 0 saturated heterocycles. The number of rotatable bonds is 8. The summed E-state index contributed by atoms with van der Waals surface area (Å²) in [6.45, 7) is 5.31. The molecule has 3 rings (SSSR count). The van der Waals surface area contributed by atoms with Crippen LogP contribution in [0.1, 0.15) is 37.6 Å². The Hall–Kier alpha value is -3.81. The molecule has 0 aliphatic rings. The first kappa shape index (κ1) is 22.9. The van der Waals surface area contributed by atoms with Gasteiger partial charge in [0, 0.05) is 22.6 Å². The van der Waals surface area contributed by atoms with Gasteiger partial charge in [0.05, 0.1) is 24.7 Å². The molecule has 1 N–H and O–H groups in total. The van der Waals surface area contributed by atoms with Crippen LogP contribution in [-0.4, -0.2) is 33.5 Å². The van der Waals surface area contributed by atoms with Crippen LogP contribution in [0.2, 0.25) is 0 Å². The fourth-order valence-corrected chi connectivity index (χ4v) is 3.09. The highest BCUT2D eigenvalue weighted by Crippen LogP contribution is 2.14. The molecule has 3 aromatic rings. The Balaban J connectivity index is 1.57. The van der Waals surface area contributed by atoms with E-state index in [1.165, 1.54) is 13.1 Å². The fraction of sp³-hybridized carbons (Fsp3) is 0.292. The lowest BCUT2D eigenvalue weighted by Crippen LogP contribution is -2.25. The Morgan fingerprint density at radius 2 is 1.72 bits per heavy atom. The molecule has 0 fully saturated rings. The molecule has 1 heterocycles. The first-order valence-electron chi connectivity index (χ1n) is 10.4. The van der Waals surface area contributed by atoms with Crippen molar-refractivity contribution in [3.05, 3.63) is 70.5 Å². The minimum absolute atomic E-state index is 0.00233. The van der Waals surface area contributed by atoms with E-state index in [4.69, 9.17) is 4.74 Å². The average Bonchev–Trinajstić information content (AvgIpc) is 2.78. The van der Waals surface area contributed by atoms with Crippen molar-refractivity contribution in [3.8, 4) is 0 Å². The van der Waals surface area contributed by atoms with Crippen molar-refractivity contribution < 1.29 is 19.1 Å². The SMILES string of the molecule is CC(C)C(=O)Nc1ccc(C(=O)[C@@H](C)OC(=O)CCn2ncc(=O)c3ccccc32)cc1. The maximum Gasteiger partial charge on any atom is 0.308 e. The number of esters is 1. The van der Waals surface area contributed by atoms with Crippen LogP contribution >= 0.6 is 0 Å². The molecule has 0 aliphatic carbocycles. The van der Waals surface area contributed by atoms with E-state index in [1.54, 1.807) is 67.1 Å². The molecule has 0 spiro atoms. The Morgan fingerprint density at radius 3 is 2.41 bits per heavy atom. The molecule has 1 amide bonds. The predicted octanol–water partition coefficient (Wildman–Crippen LogP) is 3.20. The zero-order chi connectivity index (χ0) is 23.3. The highest BCUT2D eigenvalue weighted by molar-refractivity contribution is 6.01. The van der Waals surface area contributed by atoms with Crippen molar-refractivity contribution in [2.75, 3.05) is 5.32 Å². The molecule has 0 saturated carbocycles. The van der Waals surface area contributed by atoms with Gasteiger partial charge < -0.3 is 10.1 Å². The van der Waals surface area contributed by atoms with Gasteiger partial charge in [-0.1, -0.05) is 26.0 Å². The van der Waals surface area contributed by atoms with Gasteiger partial charge in [0.2, 0.25) is 17.1 Å². The Labute approximate surface area is 185 Å². The first-order chi connectivity index (χ1) is 15.3. The molecule has 8 heteroatoms. The minimum Gasteiger partial charge on any atom is -0.454 e. The molecule has 0 radical (unpaired) electrons. The number of anilines is 1. The lowest BCUT2D eigenvalue weighted by Gasteiger charge is -2.14. The number of hydrogen-bond acceptors (Lipinski definition) is 6. The number of nitrogens with zero attached hydrogens (tertiary/aromatic N) is 2. The van der Waals surface area contributed by atoms with Crippen molar-refractivity contribution in [3.63, 3.8) is 0 Å². The third-order valence-corrected chi connectivity index (χ3v) is 4.93. The van der Waals surface area contributed by atoms with E-state index in [1.807, 2.05) is 0 Å². The number of carbonyl (C=O) groups is 3. The normalized spacial score (nSPS) is 11.9. The summed E-state index contributed by atoms with van der Waals surface area (Å²) in [6, 6.07) is 13.4. The second kappa shape index (κ2) is 10.00. The average molecular weight is 435 g/mol. The van der Waals surface area contributed by atoms with Gasteiger partial charge in [0.25, 0.3) is 0 Å². The van der Waals surface area contributed by atoms with E-state index in [-0.39, 0.29) is 36.0 Å². The number of hydrogen-bond donors (Lipinski definition) is 1. The van der Waals surface area contributed by atoms with Gasteiger partial charge in [-0.3, -0.25) is 23.9 Å². The van der Waals surface area contributed by atoms with Gasteiger partial charge >= 0.3 is 5.97 Å². The zero-order valence-corrected chi connectivity index (χ0v) is 18.2. The number of amides is 1. The van der Waals surface area contributed by atoms with Crippen LogP contribution in [0.3, 0.4) is 0 Å². The topological polar surface area (TPSA) is 107 Å². The van der Waals surface area contributed by atoms with Crippen molar-refractivity contribution in [1.29, 1.82) is 0 Å². The van der Waals surface area contributed by atoms with Crippen LogP contribution in [0.25, 0.3) is 10.9 Å². The van der Waals surface area contributed by atoms with Crippen LogP contribution in [0.4, 0.5) is 5.69 Å². The van der Waals surface area contributed by atoms with Crippen LogP contribution < -0.4 is 10.7 Å². The molecular weight excluding hydrogens is 410 g/mol. The fourth-order valence-electron chi connectivity index (χ4n) is 3.09. The van der Waals surface area contributed by atoms with Crippen molar-refractivity contribution in [1.82, 2.24) is 9.78 Å². The van der Waals surface area contributed by atoms with E-state index in [0.29, 0.717) is 22.2 Å². The van der Waals surface area contributed by atoms with Crippen LogP contribution in [0.15, 0.2) is 59.5 Å². The molecule has 8 nitrogen and oxygen atoms in total. The maximum atomic E-state index is 12.6. The molecule has 0 aliphatic heterocycles. The van der Waals surface area contributed by atoms with Gasteiger partial charge in [-0.15, -0.1) is 0 Å². The number of Topliss-reactive ketones (excluding diaryl/α,β-unsaturated/α-hetero) is 1. The third kappa shape index (κ3) is 5.46. The molecule has 32 heavy (non-hydrogen) atoms. The summed E-state index contributed by atoms with van der Waals surface area (Å²) in [7, 11) is 0.